The first-order chi connectivity index (χ1) is 8.76. The lowest BCUT2D eigenvalue weighted by atomic mass is 10.1. The Kier molecular flexibility index (Phi) is 3.96. The summed E-state index contributed by atoms with van der Waals surface area (Å²) in [5.74, 6) is 5.92. The van der Waals surface area contributed by atoms with Crippen LogP contribution < -0.4 is 5.43 Å². The molecule has 4 heteroatoms. The van der Waals surface area contributed by atoms with Crippen molar-refractivity contribution in [3.8, 4) is 11.8 Å². The average Bonchev–Trinajstić information content (AvgIpc) is 2.40. The lowest BCUT2D eigenvalue weighted by Gasteiger charge is -1.98. The zero-order chi connectivity index (χ0) is 13.0. The van der Waals surface area contributed by atoms with Crippen molar-refractivity contribution in [2.75, 3.05) is 5.33 Å². The van der Waals surface area contributed by atoms with Crippen molar-refractivity contribution < 1.29 is 9.21 Å². The second-order valence-corrected chi connectivity index (χ2v) is 4.38. The molecular formula is C14H9BrO3. The van der Waals surface area contributed by atoms with Crippen LogP contribution in [0.25, 0.3) is 11.0 Å². The maximum Gasteiger partial charge on any atom is 0.203 e. The zero-order valence-electron chi connectivity index (χ0n) is 9.40. The first kappa shape index (κ1) is 12.6. The van der Waals surface area contributed by atoms with E-state index in [1.807, 2.05) is 0 Å². The van der Waals surface area contributed by atoms with Crippen LogP contribution in [0.3, 0.4) is 0 Å². The SMILES string of the molecule is O=Cc1coc2ccc(C#CCCBr)cc2c1=O. The van der Waals surface area contributed by atoms with Gasteiger partial charge >= 0.3 is 0 Å². The monoisotopic (exact) mass is 304 g/mol. The number of hydrogen-bond donors (Lipinski definition) is 0. The van der Waals surface area contributed by atoms with Gasteiger partial charge in [-0.1, -0.05) is 27.8 Å². The maximum atomic E-state index is 11.9. The molecule has 18 heavy (non-hydrogen) atoms. The fraction of sp³-hybridized carbons (Fsp3) is 0.143. The van der Waals surface area contributed by atoms with Crippen LogP contribution in [0.2, 0.25) is 0 Å². The molecule has 0 fully saturated rings. The van der Waals surface area contributed by atoms with Crippen LogP contribution in [0.15, 0.2) is 33.7 Å². The number of benzene rings is 1. The molecule has 0 saturated heterocycles. The van der Waals surface area contributed by atoms with Crippen LogP contribution >= 0.6 is 15.9 Å². The molecule has 2 rings (SSSR count). The molecule has 2 aromatic rings. The molecule has 0 saturated carbocycles. The molecule has 0 radical (unpaired) electrons. The maximum absolute atomic E-state index is 11.9. The number of halogens is 1. The lowest BCUT2D eigenvalue weighted by Crippen LogP contribution is -2.07. The van der Waals surface area contributed by atoms with Crippen LogP contribution in [0.4, 0.5) is 0 Å². The van der Waals surface area contributed by atoms with Crippen molar-refractivity contribution in [2.45, 2.75) is 6.42 Å². The number of carbonyl (C=O) groups excluding carboxylic acids is 1. The fourth-order valence-corrected chi connectivity index (χ4v) is 1.72. The third-order valence-electron chi connectivity index (χ3n) is 2.38. The second kappa shape index (κ2) is 5.65. The van der Waals surface area contributed by atoms with Gasteiger partial charge in [-0.15, -0.1) is 0 Å². The highest BCUT2D eigenvalue weighted by Gasteiger charge is 2.06. The van der Waals surface area contributed by atoms with Gasteiger partial charge in [0.2, 0.25) is 5.43 Å². The number of alkyl halides is 1. The first-order valence-corrected chi connectivity index (χ1v) is 6.44. The van der Waals surface area contributed by atoms with Crippen molar-refractivity contribution in [2.24, 2.45) is 0 Å². The predicted molar refractivity (Wildman–Crippen MR) is 73.2 cm³/mol. The van der Waals surface area contributed by atoms with Gasteiger partial charge in [0.15, 0.2) is 6.29 Å². The van der Waals surface area contributed by atoms with Crippen molar-refractivity contribution in [1.82, 2.24) is 0 Å². The normalized spacial score (nSPS) is 9.83. The Morgan fingerprint density at radius 1 is 1.39 bits per heavy atom. The smallest absolute Gasteiger partial charge is 0.203 e. The van der Waals surface area contributed by atoms with Gasteiger partial charge in [-0.3, -0.25) is 9.59 Å². The third-order valence-corrected chi connectivity index (χ3v) is 2.77. The Morgan fingerprint density at radius 3 is 2.94 bits per heavy atom. The van der Waals surface area contributed by atoms with Crippen LogP contribution in [0.5, 0.6) is 0 Å². The summed E-state index contributed by atoms with van der Waals surface area (Å²) >= 11 is 3.29. The summed E-state index contributed by atoms with van der Waals surface area (Å²) in [4.78, 5) is 22.6. The molecule has 1 heterocycles. The molecule has 90 valence electrons. The number of rotatable bonds is 2. The fourth-order valence-electron chi connectivity index (χ4n) is 1.52. The predicted octanol–water partition coefficient (Wildman–Crippen LogP) is 2.74. The minimum absolute atomic E-state index is 0.0214. The van der Waals surface area contributed by atoms with Crippen LogP contribution in [0.1, 0.15) is 22.3 Å². The van der Waals surface area contributed by atoms with Gasteiger partial charge < -0.3 is 4.42 Å². The lowest BCUT2D eigenvalue weighted by molar-refractivity contribution is 0.112. The van der Waals surface area contributed by atoms with E-state index < -0.39 is 0 Å². The highest BCUT2D eigenvalue weighted by Crippen LogP contribution is 2.12. The Labute approximate surface area is 112 Å². The van der Waals surface area contributed by atoms with E-state index in [4.69, 9.17) is 4.42 Å². The number of aldehydes is 1. The topological polar surface area (TPSA) is 47.3 Å². The van der Waals surface area contributed by atoms with Gasteiger partial charge in [-0.2, -0.15) is 0 Å². The summed E-state index contributed by atoms with van der Waals surface area (Å²) in [6.45, 7) is 0. The minimum Gasteiger partial charge on any atom is -0.463 e. The first-order valence-electron chi connectivity index (χ1n) is 5.32. The van der Waals surface area contributed by atoms with E-state index in [0.717, 1.165) is 17.3 Å². The Balaban J connectivity index is 2.57. The molecule has 0 aliphatic heterocycles. The van der Waals surface area contributed by atoms with Crippen molar-refractivity contribution in [1.29, 1.82) is 0 Å². The van der Waals surface area contributed by atoms with Crippen LogP contribution in [-0.4, -0.2) is 11.6 Å². The van der Waals surface area contributed by atoms with Crippen LogP contribution in [0, 0.1) is 11.8 Å². The number of carbonyl (C=O) groups is 1. The van der Waals surface area contributed by atoms with Gasteiger partial charge in [0, 0.05) is 17.3 Å². The van der Waals surface area contributed by atoms with Crippen molar-refractivity contribution in [3.05, 3.63) is 45.8 Å². The summed E-state index contributed by atoms with van der Waals surface area (Å²) < 4.78 is 5.21. The molecule has 3 nitrogen and oxygen atoms in total. The summed E-state index contributed by atoms with van der Waals surface area (Å²) in [6.07, 6.45) is 2.41. The largest absolute Gasteiger partial charge is 0.463 e. The van der Waals surface area contributed by atoms with Gasteiger partial charge in [-0.05, 0) is 18.2 Å². The molecule has 1 aromatic carbocycles. The molecule has 0 amide bonds. The quantitative estimate of drug-likeness (QED) is 0.487. The molecule has 0 atom stereocenters. The van der Waals surface area contributed by atoms with Crippen molar-refractivity contribution in [3.63, 3.8) is 0 Å². The molecule has 0 bridgehead atoms. The third kappa shape index (κ3) is 2.52. The highest BCUT2D eigenvalue weighted by molar-refractivity contribution is 9.09. The van der Waals surface area contributed by atoms with E-state index in [0.29, 0.717) is 17.3 Å². The van der Waals surface area contributed by atoms with Crippen LogP contribution in [-0.2, 0) is 0 Å². The molecule has 1 aromatic heterocycles. The highest BCUT2D eigenvalue weighted by atomic mass is 79.9. The van der Waals surface area contributed by atoms with E-state index in [-0.39, 0.29) is 11.0 Å². The summed E-state index contributed by atoms with van der Waals surface area (Å²) in [6, 6.07) is 5.12. The zero-order valence-corrected chi connectivity index (χ0v) is 11.0. The Hall–Kier alpha value is -1.86. The van der Waals surface area contributed by atoms with E-state index in [1.165, 1.54) is 6.26 Å². The molecule has 0 aliphatic rings. The second-order valence-electron chi connectivity index (χ2n) is 3.59. The van der Waals surface area contributed by atoms with Gasteiger partial charge in [0.1, 0.15) is 11.8 Å². The molecule has 0 spiro atoms. The molecular weight excluding hydrogens is 296 g/mol. The molecule has 0 aliphatic carbocycles. The van der Waals surface area contributed by atoms with Crippen molar-refractivity contribution >= 4 is 33.2 Å². The minimum atomic E-state index is -0.324. The van der Waals surface area contributed by atoms with Gasteiger partial charge in [0.05, 0.1) is 10.9 Å². The number of fused-ring (bicyclic) bond motifs is 1. The van der Waals surface area contributed by atoms with Gasteiger partial charge in [0.25, 0.3) is 0 Å². The van der Waals surface area contributed by atoms with Gasteiger partial charge in [-0.25, -0.2) is 0 Å². The Bertz CT molecular complexity index is 704. The van der Waals surface area contributed by atoms with E-state index in [9.17, 15) is 9.59 Å². The van der Waals surface area contributed by atoms with E-state index in [2.05, 4.69) is 27.8 Å². The standard InChI is InChI=1S/C14H9BrO3/c15-6-2-1-3-10-4-5-13-12(7-10)14(17)11(8-16)9-18-13/h4-5,7-9H,2,6H2. The number of hydrogen-bond acceptors (Lipinski definition) is 3. The summed E-state index contributed by atoms with van der Waals surface area (Å²) in [7, 11) is 0. The van der Waals surface area contributed by atoms with E-state index in [1.54, 1.807) is 18.2 Å². The summed E-state index contributed by atoms with van der Waals surface area (Å²) in [5.41, 5.74) is 0.888. The van der Waals surface area contributed by atoms with E-state index >= 15 is 0 Å². The average molecular weight is 305 g/mol. The Morgan fingerprint density at radius 2 is 2.22 bits per heavy atom. The molecule has 0 N–H and O–H groups in total. The molecule has 0 unspecified atom stereocenters. The summed E-state index contributed by atoms with van der Waals surface area (Å²) in [5, 5.41) is 1.19.